The van der Waals surface area contributed by atoms with Gasteiger partial charge in [0.2, 0.25) is 5.91 Å². The van der Waals surface area contributed by atoms with Crippen LogP contribution in [-0.2, 0) is 9.59 Å². The summed E-state index contributed by atoms with van der Waals surface area (Å²) in [5.41, 5.74) is -1.43. The number of hydrogen-bond donors (Lipinski definition) is 0. The van der Waals surface area contributed by atoms with Crippen LogP contribution in [-0.4, -0.2) is 17.2 Å². The van der Waals surface area contributed by atoms with Gasteiger partial charge < -0.3 is 0 Å². The van der Waals surface area contributed by atoms with Crippen LogP contribution in [0.5, 0.6) is 0 Å². The lowest BCUT2D eigenvalue weighted by Crippen LogP contribution is -2.33. The largest absolute Gasteiger partial charge is 0.295 e. The van der Waals surface area contributed by atoms with Gasteiger partial charge in [0.25, 0.3) is 0 Å². The van der Waals surface area contributed by atoms with E-state index in [1.807, 2.05) is 0 Å². The van der Waals surface area contributed by atoms with E-state index in [1.165, 1.54) is 4.90 Å². The topological polar surface area (TPSA) is 37.4 Å². The molecule has 1 unspecified atom stereocenters. The quantitative estimate of drug-likeness (QED) is 0.448. The minimum absolute atomic E-state index is 0.279. The normalized spacial score (nSPS) is 23.3. The summed E-state index contributed by atoms with van der Waals surface area (Å²) < 4.78 is 0. The molecule has 0 aliphatic carbocycles. The van der Waals surface area contributed by atoms with Crippen LogP contribution >= 0.6 is 23.2 Å². The second-order valence-electron chi connectivity index (χ2n) is 4.48. The lowest BCUT2D eigenvalue weighted by Gasteiger charge is -2.20. The minimum Gasteiger partial charge on any atom is -0.295 e. The summed E-state index contributed by atoms with van der Waals surface area (Å²) in [6, 6.07) is 6.65. The van der Waals surface area contributed by atoms with Gasteiger partial charge in [-0.15, -0.1) is 0 Å². The highest BCUT2D eigenvalue weighted by molar-refractivity contribution is 6.41. The summed E-state index contributed by atoms with van der Waals surface area (Å²) >= 11 is 11.8. The maximum atomic E-state index is 12.1. The van der Waals surface area contributed by atoms with E-state index in [1.54, 1.807) is 38.1 Å². The molecular formula is C12H11Cl2NO2. The zero-order chi connectivity index (χ0) is 12.8. The molecule has 90 valence electrons. The molecule has 0 saturated carbocycles. The molecular weight excluding hydrogens is 261 g/mol. The van der Waals surface area contributed by atoms with Crippen LogP contribution in [0.15, 0.2) is 24.3 Å². The van der Waals surface area contributed by atoms with Crippen LogP contribution in [0.1, 0.15) is 13.8 Å². The fourth-order valence-electron chi connectivity index (χ4n) is 1.77. The molecule has 1 saturated heterocycles. The van der Waals surface area contributed by atoms with E-state index in [2.05, 4.69) is 0 Å². The van der Waals surface area contributed by atoms with Gasteiger partial charge in [-0.3, -0.25) is 14.5 Å². The number of carbonyl (C=O) groups excluding carboxylic acids is 2. The van der Waals surface area contributed by atoms with Crippen molar-refractivity contribution in [2.24, 2.45) is 5.41 Å². The molecule has 5 heteroatoms. The van der Waals surface area contributed by atoms with Crippen molar-refractivity contribution in [2.45, 2.75) is 19.3 Å². The summed E-state index contributed by atoms with van der Waals surface area (Å²) in [6.07, 6.45) is 0. The van der Waals surface area contributed by atoms with Gasteiger partial charge in [0.05, 0.1) is 0 Å². The van der Waals surface area contributed by atoms with E-state index >= 15 is 0 Å². The number of amides is 1. The smallest absolute Gasteiger partial charge is 0.241 e. The van der Waals surface area contributed by atoms with Crippen molar-refractivity contribution in [3.05, 3.63) is 29.3 Å². The number of halogens is 2. The average Bonchev–Trinajstić information content (AvgIpc) is 2.43. The van der Waals surface area contributed by atoms with E-state index in [-0.39, 0.29) is 11.7 Å². The fraction of sp³-hybridized carbons (Fsp3) is 0.333. The Kier molecular flexibility index (Phi) is 2.92. The molecule has 1 aromatic rings. The summed E-state index contributed by atoms with van der Waals surface area (Å²) in [7, 11) is 0. The molecule has 1 fully saturated rings. The molecule has 0 N–H and O–H groups in total. The van der Waals surface area contributed by atoms with Crippen molar-refractivity contribution in [1.82, 2.24) is 0 Å². The number of anilines is 1. The number of benzene rings is 1. The first-order chi connectivity index (χ1) is 7.85. The number of Topliss-reactive ketones (excluding diaryl/α,β-unsaturated/α-hetero) is 1. The average molecular weight is 272 g/mol. The molecule has 1 heterocycles. The van der Waals surface area contributed by atoms with Crippen molar-refractivity contribution in [3.8, 4) is 0 Å². The lowest BCUT2D eigenvalue weighted by molar-refractivity contribution is -0.132. The molecule has 1 amide bonds. The van der Waals surface area contributed by atoms with E-state index in [0.717, 1.165) is 0 Å². The lowest BCUT2D eigenvalue weighted by atomic mass is 9.91. The summed E-state index contributed by atoms with van der Waals surface area (Å²) in [5.74, 6) is -0.566. The third-order valence-electron chi connectivity index (χ3n) is 2.92. The van der Waals surface area contributed by atoms with Crippen molar-refractivity contribution in [1.29, 1.82) is 0 Å². The predicted molar refractivity (Wildman–Crippen MR) is 67.4 cm³/mol. The number of carbonyl (C=O) groups is 2. The molecule has 0 aromatic heterocycles. The summed E-state index contributed by atoms with van der Waals surface area (Å²) in [5, 5.41) is 0.567. The van der Waals surface area contributed by atoms with Crippen molar-refractivity contribution < 1.29 is 9.59 Å². The highest BCUT2D eigenvalue weighted by Crippen LogP contribution is 2.37. The SMILES string of the molecule is CC1(C)C(=O)C(Cl)N(c2ccc(Cl)cc2)C1=O. The van der Waals surface area contributed by atoms with E-state index in [0.29, 0.717) is 10.7 Å². The molecule has 2 rings (SSSR count). The molecule has 1 aliphatic rings. The first-order valence-corrected chi connectivity index (χ1v) is 5.95. The molecule has 1 aromatic carbocycles. The number of rotatable bonds is 1. The van der Waals surface area contributed by atoms with Gasteiger partial charge >= 0.3 is 0 Å². The zero-order valence-corrected chi connectivity index (χ0v) is 10.9. The van der Waals surface area contributed by atoms with Gasteiger partial charge in [0, 0.05) is 10.7 Å². The standard InChI is InChI=1S/C12H11Cl2NO2/c1-12(2)9(16)10(14)15(11(12)17)8-5-3-7(13)4-6-8/h3-6,10H,1-2H3. The van der Waals surface area contributed by atoms with Crippen molar-refractivity contribution in [2.75, 3.05) is 4.90 Å². The maximum Gasteiger partial charge on any atom is 0.241 e. The Morgan fingerprint density at radius 3 is 2.12 bits per heavy atom. The molecule has 0 radical (unpaired) electrons. The van der Waals surface area contributed by atoms with Crippen LogP contribution in [0.2, 0.25) is 5.02 Å². The monoisotopic (exact) mass is 271 g/mol. The molecule has 17 heavy (non-hydrogen) atoms. The summed E-state index contributed by atoms with van der Waals surface area (Å²) in [6.45, 7) is 3.17. The van der Waals surface area contributed by atoms with Crippen molar-refractivity contribution in [3.63, 3.8) is 0 Å². The second-order valence-corrected chi connectivity index (χ2v) is 5.33. The molecule has 0 spiro atoms. The number of alkyl halides is 1. The molecule has 1 atom stereocenters. The van der Waals surface area contributed by atoms with Gasteiger partial charge in [0.1, 0.15) is 5.41 Å². The Morgan fingerprint density at radius 1 is 1.18 bits per heavy atom. The highest BCUT2D eigenvalue weighted by atomic mass is 35.5. The van der Waals surface area contributed by atoms with Crippen LogP contribution in [0.3, 0.4) is 0 Å². The Labute approximate surface area is 109 Å². The third-order valence-corrected chi connectivity index (χ3v) is 3.56. The molecule has 1 aliphatic heterocycles. The maximum absolute atomic E-state index is 12.1. The molecule has 3 nitrogen and oxygen atoms in total. The van der Waals surface area contributed by atoms with Gasteiger partial charge in [-0.1, -0.05) is 23.2 Å². The molecule has 0 bridgehead atoms. The van der Waals surface area contributed by atoms with Crippen LogP contribution in [0, 0.1) is 5.41 Å². The van der Waals surface area contributed by atoms with Crippen molar-refractivity contribution >= 4 is 40.6 Å². The van der Waals surface area contributed by atoms with Crippen LogP contribution in [0.25, 0.3) is 0 Å². The zero-order valence-electron chi connectivity index (χ0n) is 9.41. The minimum atomic E-state index is -1.06. The van der Waals surface area contributed by atoms with Crippen LogP contribution in [0.4, 0.5) is 5.69 Å². The van der Waals surface area contributed by atoms with Crippen LogP contribution < -0.4 is 4.90 Å². The van der Waals surface area contributed by atoms with Gasteiger partial charge in [-0.05, 0) is 38.1 Å². The first kappa shape index (κ1) is 12.4. The third kappa shape index (κ3) is 1.83. The number of nitrogens with zero attached hydrogens (tertiary/aromatic N) is 1. The first-order valence-electron chi connectivity index (χ1n) is 5.13. The van der Waals surface area contributed by atoms with E-state index in [9.17, 15) is 9.59 Å². The highest BCUT2D eigenvalue weighted by Gasteiger charge is 2.53. The number of ketones is 1. The van der Waals surface area contributed by atoms with Gasteiger partial charge in [-0.2, -0.15) is 0 Å². The van der Waals surface area contributed by atoms with Gasteiger partial charge in [0.15, 0.2) is 11.3 Å². The van der Waals surface area contributed by atoms with E-state index in [4.69, 9.17) is 23.2 Å². The Balaban J connectivity index is 2.44. The Morgan fingerprint density at radius 2 is 1.71 bits per heavy atom. The fourth-order valence-corrected chi connectivity index (χ4v) is 2.37. The number of hydrogen-bond acceptors (Lipinski definition) is 2. The summed E-state index contributed by atoms with van der Waals surface area (Å²) in [4.78, 5) is 25.3. The van der Waals surface area contributed by atoms with Gasteiger partial charge in [-0.25, -0.2) is 0 Å². The second kappa shape index (κ2) is 4.00. The predicted octanol–water partition coefficient (Wildman–Crippen LogP) is 2.85. The van der Waals surface area contributed by atoms with E-state index < -0.39 is 10.9 Å². The Hall–Kier alpha value is -1.06. The Bertz CT molecular complexity index is 482.